The molecule has 554 valence electrons. The van der Waals surface area contributed by atoms with Crippen molar-refractivity contribution < 1.29 is 37.6 Å². The third-order valence-electron chi connectivity index (χ3n) is 16.9. The molecule has 2 unspecified atom stereocenters. The predicted molar refractivity (Wildman–Crippen MR) is 422 cm³/mol. The molecule has 0 saturated heterocycles. The van der Waals surface area contributed by atoms with Gasteiger partial charge in [-0.3, -0.25) is 18.6 Å². The largest absolute Gasteiger partial charge is 0.472 e. The zero-order valence-corrected chi connectivity index (χ0v) is 63.4. The predicted octanol–water partition coefficient (Wildman–Crippen LogP) is 27.1. The smallest absolute Gasteiger partial charge is 0.462 e. The van der Waals surface area contributed by atoms with Crippen molar-refractivity contribution in [1.29, 1.82) is 0 Å². The third kappa shape index (κ3) is 80.5. The molecule has 3 N–H and O–H groups in total. The summed E-state index contributed by atoms with van der Waals surface area (Å²) in [7, 11) is -4.40. The Bertz CT molecular complexity index is 2160. The van der Waals surface area contributed by atoms with Crippen molar-refractivity contribution in [1.82, 2.24) is 0 Å². The summed E-state index contributed by atoms with van der Waals surface area (Å²) >= 11 is 0. The zero-order valence-electron chi connectivity index (χ0n) is 62.5. The summed E-state index contributed by atoms with van der Waals surface area (Å²) in [4.78, 5) is 35.5. The summed E-state index contributed by atoms with van der Waals surface area (Å²) in [5, 5.41) is 0. The first-order valence-electron chi connectivity index (χ1n) is 40.0. The van der Waals surface area contributed by atoms with E-state index in [4.69, 9.17) is 24.3 Å². The van der Waals surface area contributed by atoms with Gasteiger partial charge in [0.2, 0.25) is 0 Å². The van der Waals surface area contributed by atoms with Gasteiger partial charge in [-0.05, 0) is 122 Å². The van der Waals surface area contributed by atoms with Crippen LogP contribution in [-0.4, -0.2) is 49.3 Å². The van der Waals surface area contributed by atoms with Crippen LogP contribution in [0.3, 0.4) is 0 Å². The molecule has 0 amide bonds. The van der Waals surface area contributed by atoms with E-state index >= 15 is 0 Å². The van der Waals surface area contributed by atoms with Crippen molar-refractivity contribution in [3.05, 3.63) is 158 Å². The van der Waals surface area contributed by atoms with E-state index in [1.807, 2.05) is 0 Å². The average Bonchev–Trinajstić information content (AvgIpc) is 2.88. The van der Waals surface area contributed by atoms with Crippen LogP contribution in [-0.2, 0) is 32.7 Å². The molecule has 0 rings (SSSR count). The van der Waals surface area contributed by atoms with Crippen LogP contribution in [0.15, 0.2) is 158 Å². The lowest BCUT2D eigenvalue weighted by atomic mass is 10.0. The molecule has 0 bridgehead atoms. The lowest BCUT2D eigenvalue weighted by molar-refractivity contribution is -0.161. The Kier molecular flexibility index (Phi) is 77.0. The lowest BCUT2D eigenvalue weighted by Crippen LogP contribution is -2.29. The van der Waals surface area contributed by atoms with Gasteiger partial charge >= 0.3 is 19.8 Å². The number of nitrogens with two attached hydrogens (primary N) is 1. The Morgan fingerprint density at radius 3 is 0.794 bits per heavy atom. The molecule has 0 aromatic heterocycles. The van der Waals surface area contributed by atoms with E-state index in [-0.39, 0.29) is 38.6 Å². The van der Waals surface area contributed by atoms with Crippen LogP contribution in [0.4, 0.5) is 0 Å². The molecule has 0 aromatic carbocycles. The number of rotatable bonds is 74. The van der Waals surface area contributed by atoms with Crippen LogP contribution >= 0.6 is 7.82 Å². The Hall–Kier alpha value is -4.37. The van der Waals surface area contributed by atoms with Crippen molar-refractivity contribution >= 4 is 19.8 Å². The van der Waals surface area contributed by atoms with Gasteiger partial charge < -0.3 is 20.1 Å². The number of unbranched alkanes of at least 4 members (excludes halogenated alkanes) is 35. The summed E-state index contributed by atoms with van der Waals surface area (Å²) in [5.74, 6) is -0.821. The number of allylic oxidation sites excluding steroid dienone is 26. The van der Waals surface area contributed by atoms with E-state index in [1.54, 1.807) is 0 Å². The molecule has 0 saturated carbocycles. The molecule has 0 heterocycles. The molecular weight excluding hydrogens is 1220 g/mol. The monoisotopic (exact) mass is 1370 g/mol. The summed E-state index contributed by atoms with van der Waals surface area (Å²) in [5.41, 5.74) is 5.42. The molecule has 0 spiro atoms. The minimum atomic E-state index is -4.40. The maximum atomic E-state index is 12.8. The van der Waals surface area contributed by atoms with Crippen molar-refractivity contribution in [2.45, 2.75) is 354 Å². The van der Waals surface area contributed by atoms with Gasteiger partial charge in [0.05, 0.1) is 13.2 Å². The molecule has 0 aliphatic carbocycles. The number of phosphoric ester groups is 1. The molecule has 97 heavy (non-hydrogen) atoms. The molecular formula is C87H148NO8P. The summed E-state index contributed by atoms with van der Waals surface area (Å²) in [6, 6.07) is 0. The fraction of sp³-hybridized carbons (Fsp3) is 0.678. The minimum absolute atomic E-state index is 0.0494. The third-order valence-corrected chi connectivity index (χ3v) is 17.9. The highest BCUT2D eigenvalue weighted by Gasteiger charge is 2.26. The molecule has 0 fully saturated rings. The van der Waals surface area contributed by atoms with Gasteiger partial charge in [0.1, 0.15) is 6.61 Å². The highest BCUT2D eigenvalue weighted by molar-refractivity contribution is 7.47. The van der Waals surface area contributed by atoms with Crippen molar-refractivity contribution in [2.24, 2.45) is 5.73 Å². The summed E-state index contributed by atoms with van der Waals surface area (Å²) in [6.45, 7) is 3.55. The molecule has 9 nitrogen and oxygen atoms in total. The van der Waals surface area contributed by atoms with Gasteiger partial charge in [0.15, 0.2) is 6.10 Å². The molecule has 0 radical (unpaired) electrons. The maximum absolute atomic E-state index is 12.8. The first-order valence-corrected chi connectivity index (χ1v) is 41.5. The van der Waals surface area contributed by atoms with Gasteiger partial charge in [0, 0.05) is 19.4 Å². The normalized spacial score (nSPS) is 13.7. The Balaban J connectivity index is 3.84. The standard InChI is InChI=1S/C87H148NO8P/c1-3-5-7-9-11-13-15-17-19-21-23-25-27-29-31-33-35-37-39-41-42-44-46-48-50-52-54-56-58-60-62-64-66-68-70-72-74-76-78-80-87(90)96-85(84-95-97(91,92)94-82-81-88)83-93-86(89)79-77-75-73-71-69-67-65-63-61-59-57-55-53-51-49-47-45-43-40-38-36-34-32-30-28-26-24-22-20-18-16-14-12-10-8-6-4-2/h5-8,11-14,17-20,23-26,29-32,35,37,41-42,46,48,85H,3-4,9-10,15-16,21-22,27-28,33-34,36,38-40,43-45,47,49-84,88H2,1-2H3,(H,91,92)/b7-5-,8-6-,13-11-,14-12-,19-17-,20-18-,25-23-,26-24-,31-29-,32-30-,37-35-,42-41-,48-46-. The van der Waals surface area contributed by atoms with E-state index < -0.39 is 26.5 Å². The second-order valence-electron chi connectivity index (χ2n) is 26.2. The van der Waals surface area contributed by atoms with Gasteiger partial charge in [-0.25, -0.2) is 4.57 Å². The summed E-state index contributed by atoms with van der Waals surface area (Å²) < 4.78 is 33.3. The quantitative estimate of drug-likeness (QED) is 0.0264. The van der Waals surface area contributed by atoms with E-state index in [9.17, 15) is 19.0 Å². The van der Waals surface area contributed by atoms with Crippen molar-refractivity contribution in [2.75, 3.05) is 26.4 Å². The number of phosphoric acid groups is 1. The Morgan fingerprint density at radius 1 is 0.309 bits per heavy atom. The lowest BCUT2D eigenvalue weighted by Gasteiger charge is -2.19. The van der Waals surface area contributed by atoms with Crippen LogP contribution in [0.5, 0.6) is 0 Å². The van der Waals surface area contributed by atoms with Gasteiger partial charge in [-0.2, -0.15) is 0 Å². The van der Waals surface area contributed by atoms with E-state index in [0.717, 1.165) is 122 Å². The van der Waals surface area contributed by atoms with Crippen LogP contribution in [0.1, 0.15) is 348 Å². The average molecular weight is 1370 g/mol. The van der Waals surface area contributed by atoms with Crippen LogP contribution in [0.25, 0.3) is 0 Å². The topological polar surface area (TPSA) is 134 Å². The minimum Gasteiger partial charge on any atom is -0.462 e. The van der Waals surface area contributed by atoms with Crippen molar-refractivity contribution in [3.63, 3.8) is 0 Å². The van der Waals surface area contributed by atoms with Crippen LogP contribution < -0.4 is 5.73 Å². The van der Waals surface area contributed by atoms with Gasteiger partial charge in [0.25, 0.3) is 0 Å². The van der Waals surface area contributed by atoms with Crippen molar-refractivity contribution in [3.8, 4) is 0 Å². The number of hydrogen-bond acceptors (Lipinski definition) is 8. The Morgan fingerprint density at radius 2 is 0.536 bits per heavy atom. The van der Waals surface area contributed by atoms with Gasteiger partial charge in [-0.15, -0.1) is 0 Å². The van der Waals surface area contributed by atoms with Gasteiger partial charge in [-0.1, -0.05) is 371 Å². The summed E-state index contributed by atoms with van der Waals surface area (Å²) in [6.07, 6.45) is 118. The molecule has 10 heteroatoms. The van der Waals surface area contributed by atoms with Crippen LogP contribution in [0, 0.1) is 0 Å². The number of ether oxygens (including phenoxy) is 2. The number of hydrogen-bond donors (Lipinski definition) is 2. The fourth-order valence-corrected chi connectivity index (χ4v) is 11.9. The van der Waals surface area contributed by atoms with Crippen LogP contribution in [0.2, 0.25) is 0 Å². The maximum Gasteiger partial charge on any atom is 0.472 e. The first kappa shape index (κ1) is 92.6. The SMILES string of the molecule is CC/C=C\C/C=C\C/C=C\C/C=C\C/C=C\C/C=C\C/C=C\C/C=C\CCCCCCCCCCCCCCCCC(=O)OC(COC(=O)CCCCCCCCCCCCCCCCCCCCCCC/C=C\C/C=C\C/C=C\C/C=C\C/C=C\CC)COP(=O)(O)OCCN. The molecule has 2 atom stereocenters. The zero-order chi connectivity index (χ0) is 70.0. The number of esters is 2. The van der Waals surface area contributed by atoms with E-state index in [1.165, 1.54) is 193 Å². The second kappa shape index (κ2) is 80.6. The fourth-order valence-electron chi connectivity index (χ4n) is 11.1. The molecule has 0 aliphatic heterocycles. The number of carbonyl (C=O) groups excluding carboxylic acids is 2. The first-order chi connectivity index (χ1) is 47.8. The second-order valence-corrected chi connectivity index (χ2v) is 27.6. The molecule has 0 aliphatic rings. The molecule has 0 aromatic rings. The Labute approximate surface area is 598 Å². The van der Waals surface area contributed by atoms with E-state index in [0.29, 0.717) is 6.42 Å². The van der Waals surface area contributed by atoms with E-state index in [2.05, 4.69) is 172 Å². The highest BCUT2D eigenvalue weighted by Crippen LogP contribution is 2.43. The highest BCUT2D eigenvalue weighted by atomic mass is 31.2. The number of carbonyl (C=O) groups is 2.